The number of nitrogens with zero attached hydrogens (tertiary/aromatic N) is 1. The van der Waals surface area contributed by atoms with Gasteiger partial charge in [0.25, 0.3) is 0 Å². The highest BCUT2D eigenvalue weighted by Crippen LogP contribution is 2.25. The lowest BCUT2D eigenvalue weighted by Crippen LogP contribution is -2.53. The van der Waals surface area contributed by atoms with Crippen LogP contribution in [0.4, 0.5) is 0 Å². The lowest BCUT2D eigenvalue weighted by molar-refractivity contribution is 0.0547. The van der Waals surface area contributed by atoms with Crippen molar-refractivity contribution in [2.75, 3.05) is 13.1 Å². The zero-order valence-corrected chi connectivity index (χ0v) is 11.5. The van der Waals surface area contributed by atoms with Gasteiger partial charge in [-0.15, -0.1) is 0 Å². The summed E-state index contributed by atoms with van der Waals surface area (Å²) in [5.74, 6) is -1.21. The van der Waals surface area contributed by atoms with Crippen molar-refractivity contribution in [2.24, 2.45) is 0 Å². The van der Waals surface area contributed by atoms with E-state index in [4.69, 9.17) is 10.2 Å². The molecule has 1 aromatic rings. The van der Waals surface area contributed by atoms with E-state index >= 15 is 0 Å². The first-order valence-electron chi connectivity index (χ1n) is 5.03. The lowest BCUT2D eigenvalue weighted by Gasteiger charge is -2.34. The molecule has 1 heterocycles. The number of aliphatic hydroxyl groups is 1. The van der Waals surface area contributed by atoms with Crippen molar-refractivity contribution in [2.45, 2.75) is 11.0 Å². The SMILES string of the molecule is O=C(O)c1cc(S(=O)(=O)N2CC(O)C2)ccc1Br. The van der Waals surface area contributed by atoms with Gasteiger partial charge in [-0.2, -0.15) is 4.31 Å². The number of carboxylic acid groups (broad SMARTS) is 1. The van der Waals surface area contributed by atoms with Gasteiger partial charge < -0.3 is 10.2 Å². The van der Waals surface area contributed by atoms with Gasteiger partial charge >= 0.3 is 5.97 Å². The molecule has 0 amide bonds. The highest BCUT2D eigenvalue weighted by molar-refractivity contribution is 9.10. The monoisotopic (exact) mass is 335 g/mol. The Morgan fingerprint density at radius 3 is 2.50 bits per heavy atom. The molecule has 0 aromatic heterocycles. The number of hydrogen-bond donors (Lipinski definition) is 2. The maximum atomic E-state index is 12.1. The molecule has 1 aliphatic rings. The van der Waals surface area contributed by atoms with Gasteiger partial charge in [-0.05, 0) is 34.1 Å². The van der Waals surface area contributed by atoms with E-state index in [0.29, 0.717) is 4.47 Å². The number of aromatic carboxylic acids is 1. The van der Waals surface area contributed by atoms with Gasteiger partial charge in [0.05, 0.1) is 16.6 Å². The van der Waals surface area contributed by atoms with Gasteiger partial charge in [-0.3, -0.25) is 0 Å². The average molecular weight is 336 g/mol. The standard InChI is InChI=1S/C10H10BrNO5S/c11-9-2-1-7(3-8(9)10(14)15)18(16,17)12-4-6(13)5-12/h1-3,6,13H,4-5H2,(H,14,15). The zero-order valence-electron chi connectivity index (χ0n) is 9.08. The summed E-state index contributed by atoms with van der Waals surface area (Å²) >= 11 is 3.05. The third-order valence-electron chi connectivity index (χ3n) is 2.63. The molecule has 0 atom stereocenters. The molecular weight excluding hydrogens is 326 g/mol. The first-order valence-corrected chi connectivity index (χ1v) is 7.26. The molecule has 0 unspecified atom stereocenters. The second-order valence-electron chi connectivity index (χ2n) is 3.92. The predicted molar refractivity (Wildman–Crippen MR) is 65.9 cm³/mol. The maximum absolute atomic E-state index is 12.1. The zero-order chi connectivity index (χ0) is 13.5. The minimum atomic E-state index is -3.72. The van der Waals surface area contributed by atoms with E-state index in [9.17, 15) is 13.2 Å². The Kier molecular flexibility index (Phi) is 3.45. The Balaban J connectivity index is 2.40. The second-order valence-corrected chi connectivity index (χ2v) is 6.71. The molecule has 18 heavy (non-hydrogen) atoms. The summed E-state index contributed by atoms with van der Waals surface area (Å²) in [6.07, 6.45) is -0.644. The van der Waals surface area contributed by atoms with E-state index in [-0.39, 0.29) is 23.5 Å². The van der Waals surface area contributed by atoms with Gasteiger partial charge in [0.1, 0.15) is 0 Å². The highest BCUT2D eigenvalue weighted by atomic mass is 79.9. The van der Waals surface area contributed by atoms with E-state index in [0.717, 1.165) is 10.4 Å². The van der Waals surface area contributed by atoms with Crippen LogP contribution in [0, 0.1) is 0 Å². The summed E-state index contributed by atoms with van der Waals surface area (Å²) in [6, 6.07) is 3.82. The molecule has 1 saturated heterocycles. The number of carboxylic acids is 1. The van der Waals surface area contributed by atoms with Crippen LogP contribution in [-0.4, -0.2) is 48.1 Å². The minimum absolute atomic E-state index is 0.0425. The first kappa shape index (κ1) is 13.5. The van der Waals surface area contributed by atoms with Crippen LogP contribution in [0.15, 0.2) is 27.6 Å². The number of carbonyl (C=O) groups is 1. The summed E-state index contributed by atoms with van der Waals surface area (Å²) in [6.45, 7) is 0.0849. The molecule has 0 spiro atoms. The number of rotatable bonds is 3. The number of β-amino-alcohol motifs (C(OH)–C–C–N with tert-alkyl or cyclic N) is 1. The van der Waals surface area contributed by atoms with E-state index in [2.05, 4.69) is 15.9 Å². The largest absolute Gasteiger partial charge is 0.478 e. The third kappa shape index (κ3) is 2.28. The van der Waals surface area contributed by atoms with E-state index in [1.54, 1.807) is 0 Å². The Morgan fingerprint density at radius 2 is 2.00 bits per heavy atom. The average Bonchev–Trinajstić information content (AvgIpc) is 2.24. The topological polar surface area (TPSA) is 94.9 Å². The van der Waals surface area contributed by atoms with Crippen LogP contribution in [0.3, 0.4) is 0 Å². The quantitative estimate of drug-likeness (QED) is 0.839. The van der Waals surface area contributed by atoms with E-state index in [1.807, 2.05) is 0 Å². The first-order chi connectivity index (χ1) is 8.32. The molecule has 0 bridgehead atoms. The molecular formula is C10H10BrNO5S. The van der Waals surface area contributed by atoms with Crippen LogP contribution in [0.1, 0.15) is 10.4 Å². The Bertz CT molecular complexity index is 594. The van der Waals surface area contributed by atoms with Gasteiger partial charge in [0, 0.05) is 17.6 Å². The van der Waals surface area contributed by atoms with Crippen molar-refractivity contribution in [3.8, 4) is 0 Å². The Morgan fingerprint density at radius 1 is 1.39 bits per heavy atom. The van der Waals surface area contributed by atoms with Crippen LogP contribution in [0.2, 0.25) is 0 Å². The highest BCUT2D eigenvalue weighted by Gasteiger charge is 2.35. The predicted octanol–water partition coefficient (Wildman–Crippen LogP) is 0.512. The molecule has 8 heteroatoms. The third-order valence-corrected chi connectivity index (χ3v) is 5.15. The van der Waals surface area contributed by atoms with Crippen molar-refractivity contribution < 1.29 is 23.4 Å². The summed E-state index contributed by atoms with van der Waals surface area (Å²) < 4.78 is 25.5. The molecule has 2 N–H and O–H groups in total. The molecule has 0 saturated carbocycles. The number of aliphatic hydroxyl groups excluding tert-OH is 1. The molecule has 2 rings (SSSR count). The number of halogens is 1. The molecule has 6 nitrogen and oxygen atoms in total. The number of benzene rings is 1. The van der Waals surface area contributed by atoms with Crippen molar-refractivity contribution in [3.63, 3.8) is 0 Å². The van der Waals surface area contributed by atoms with Crippen LogP contribution < -0.4 is 0 Å². The van der Waals surface area contributed by atoms with Gasteiger partial charge in [-0.25, -0.2) is 13.2 Å². The summed E-state index contributed by atoms with van der Waals surface area (Å²) in [4.78, 5) is 10.8. The molecule has 98 valence electrons. The summed E-state index contributed by atoms with van der Waals surface area (Å²) in [7, 11) is -3.72. The van der Waals surface area contributed by atoms with Gasteiger partial charge in [0.2, 0.25) is 10.0 Å². The Labute approximate surface area is 112 Å². The number of hydrogen-bond acceptors (Lipinski definition) is 4. The molecule has 0 aliphatic carbocycles. The minimum Gasteiger partial charge on any atom is -0.478 e. The van der Waals surface area contributed by atoms with Crippen LogP contribution in [-0.2, 0) is 10.0 Å². The van der Waals surface area contributed by atoms with Crippen molar-refractivity contribution in [1.29, 1.82) is 0 Å². The lowest BCUT2D eigenvalue weighted by atomic mass is 10.2. The van der Waals surface area contributed by atoms with Crippen LogP contribution >= 0.6 is 15.9 Å². The summed E-state index contributed by atoms with van der Waals surface area (Å²) in [5, 5.41) is 18.0. The molecule has 1 aliphatic heterocycles. The smallest absolute Gasteiger partial charge is 0.336 e. The number of sulfonamides is 1. The van der Waals surface area contributed by atoms with Crippen LogP contribution in [0.25, 0.3) is 0 Å². The summed E-state index contributed by atoms with van der Waals surface area (Å²) in [5.41, 5.74) is -0.114. The van der Waals surface area contributed by atoms with Crippen LogP contribution in [0.5, 0.6) is 0 Å². The molecule has 1 aromatic carbocycles. The van der Waals surface area contributed by atoms with Crippen molar-refractivity contribution in [1.82, 2.24) is 4.31 Å². The Hall–Kier alpha value is -0.960. The normalized spacial score (nSPS) is 17.4. The fourth-order valence-electron chi connectivity index (χ4n) is 1.59. The van der Waals surface area contributed by atoms with Gasteiger partial charge in [0.15, 0.2) is 0 Å². The molecule has 1 fully saturated rings. The fraction of sp³-hybridized carbons (Fsp3) is 0.300. The fourth-order valence-corrected chi connectivity index (χ4v) is 3.55. The molecule has 0 radical (unpaired) electrons. The second kappa shape index (κ2) is 4.61. The van der Waals surface area contributed by atoms with Crippen molar-refractivity contribution in [3.05, 3.63) is 28.2 Å². The van der Waals surface area contributed by atoms with E-state index < -0.39 is 22.1 Å². The van der Waals surface area contributed by atoms with Crippen molar-refractivity contribution >= 4 is 31.9 Å². The van der Waals surface area contributed by atoms with Gasteiger partial charge in [-0.1, -0.05) is 0 Å². The van der Waals surface area contributed by atoms with E-state index in [1.165, 1.54) is 12.1 Å². The maximum Gasteiger partial charge on any atom is 0.336 e.